The van der Waals surface area contributed by atoms with Gasteiger partial charge in [-0.2, -0.15) is 0 Å². The van der Waals surface area contributed by atoms with E-state index in [0.29, 0.717) is 0 Å². The minimum Gasteiger partial charge on any atom is -0.370 e. The van der Waals surface area contributed by atoms with Crippen molar-refractivity contribution >= 4 is 18.1 Å². The van der Waals surface area contributed by atoms with Gasteiger partial charge < -0.3 is 11.5 Å². The van der Waals surface area contributed by atoms with E-state index in [1.807, 2.05) is 36.4 Å². The molecule has 0 aliphatic carbocycles. The van der Waals surface area contributed by atoms with Crippen LogP contribution in [-0.4, -0.2) is 5.96 Å². The lowest BCUT2D eigenvalue weighted by Gasteiger charge is -1.96. The lowest BCUT2D eigenvalue weighted by Crippen LogP contribution is -2.20. The normalized spacial score (nSPS) is 8.00. The monoisotopic (exact) mass is 189 g/mol. The number of hydrogen-bond acceptors (Lipinski definition) is 1. The summed E-state index contributed by atoms with van der Waals surface area (Å²) in [5.41, 5.74) is 11.2. The van der Waals surface area contributed by atoms with E-state index in [-0.39, 0.29) is 5.96 Å². The summed E-state index contributed by atoms with van der Waals surface area (Å²) in [6.45, 7) is 7.38. The molecule has 14 heavy (non-hydrogen) atoms. The SMILES string of the molecule is C=Cc1ccccc1C=C.N=C(N)N. The number of benzene rings is 1. The summed E-state index contributed by atoms with van der Waals surface area (Å²) in [6, 6.07) is 8.02. The number of rotatable bonds is 2. The van der Waals surface area contributed by atoms with Crippen LogP contribution in [0.2, 0.25) is 0 Å². The first kappa shape index (κ1) is 12.0. The first-order chi connectivity index (χ1) is 6.61. The van der Waals surface area contributed by atoms with Crippen LogP contribution in [-0.2, 0) is 0 Å². The average molecular weight is 189 g/mol. The zero-order chi connectivity index (χ0) is 11.0. The molecule has 0 fully saturated rings. The maximum Gasteiger partial charge on any atom is 0.183 e. The minimum absolute atomic E-state index is 0.333. The van der Waals surface area contributed by atoms with Crippen LogP contribution in [0, 0.1) is 5.41 Å². The maximum absolute atomic E-state index is 6.06. The fourth-order valence-corrected chi connectivity index (χ4v) is 0.883. The Morgan fingerprint density at radius 2 is 1.36 bits per heavy atom. The third-order valence-electron chi connectivity index (χ3n) is 1.44. The van der Waals surface area contributed by atoms with Crippen LogP contribution >= 0.6 is 0 Å². The molecule has 0 aliphatic heterocycles. The lowest BCUT2D eigenvalue weighted by molar-refractivity contribution is 1.39. The molecule has 0 bridgehead atoms. The van der Waals surface area contributed by atoms with E-state index in [2.05, 4.69) is 24.6 Å². The Kier molecular flexibility index (Phi) is 5.54. The predicted octanol–water partition coefficient (Wildman–Crippen LogP) is 1.81. The highest BCUT2D eigenvalue weighted by Crippen LogP contribution is 2.10. The fraction of sp³-hybridized carbons (Fsp3) is 0. The van der Waals surface area contributed by atoms with Crippen molar-refractivity contribution in [1.82, 2.24) is 0 Å². The Labute approximate surface area is 84.2 Å². The van der Waals surface area contributed by atoms with Crippen LogP contribution in [0.15, 0.2) is 37.4 Å². The van der Waals surface area contributed by atoms with E-state index < -0.39 is 0 Å². The van der Waals surface area contributed by atoms with Crippen molar-refractivity contribution in [2.24, 2.45) is 11.5 Å². The van der Waals surface area contributed by atoms with Gasteiger partial charge >= 0.3 is 0 Å². The van der Waals surface area contributed by atoms with E-state index in [9.17, 15) is 0 Å². The second kappa shape index (κ2) is 6.48. The molecule has 3 heteroatoms. The highest BCUT2D eigenvalue weighted by atomic mass is 14.9. The fourth-order valence-electron chi connectivity index (χ4n) is 0.883. The molecule has 0 radical (unpaired) electrons. The van der Waals surface area contributed by atoms with Gasteiger partial charge in [-0.25, -0.2) is 0 Å². The largest absolute Gasteiger partial charge is 0.370 e. The predicted molar refractivity (Wildman–Crippen MR) is 62.7 cm³/mol. The standard InChI is InChI=1S/C10H10.CH5N3/c1-3-9-7-5-6-8-10(9)4-2;2-1(3)4/h3-8H,1-2H2;(H5,2,3,4). The van der Waals surface area contributed by atoms with Crippen molar-refractivity contribution in [3.05, 3.63) is 48.6 Å². The third kappa shape index (κ3) is 4.77. The Balaban J connectivity index is 0.000000364. The van der Waals surface area contributed by atoms with Gasteiger partial charge in [-0.3, -0.25) is 5.41 Å². The van der Waals surface area contributed by atoms with Gasteiger partial charge in [0.15, 0.2) is 5.96 Å². The van der Waals surface area contributed by atoms with E-state index in [1.54, 1.807) is 0 Å². The van der Waals surface area contributed by atoms with E-state index in [4.69, 9.17) is 5.41 Å². The number of nitrogens with two attached hydrogens (primary N) is 2. The molecule has 0 spiro atoms. The van der Waals surface area contributed by atoms with Crippen LogP contribution in [0.4, 0.5) is 0 Å². The van der Waals surface area contributed by atoms with Gasteiger partial charge in [-0.1, -0.05) is 49.6 Å². The molecule has 0 saturated heterocycles. The van der Waals surface area contributed by atoms with Gasteiger partial charge in [0.1, 0.15) is 0 Å². The van der Waals surface area contributed by atoms with Crippen molar-refractivity contribution in [1.29, 1.82) is 5.41 Å². The van der Waals surface area contributed by atoms with Gasteiger partial charge in [0.05, 0.1) is 0 Å². The molecule has 1 rings (SSSR count). The Morgan fingerprint density at radius 3 is 1.57 bits per heavy atom. The summed E-state index contributed by atoms with van der Waals surface area (Å²) in [5.74, 6) is -0.333. The van der Waals surface area contributed by atoms with Crippen molar-refractivity contribution in [2.45, 2.75) is 0 Å². The van der Waals surface area contributed by atoms with E-state index in [0.717, 1.165) is 11.1 Å². The Hall–Kier alpha value is -2.03. The minimum atomic E-state index is -0.333. The number of guanidine groups is 1. The van der Waals surface area contributed by atoms with Crippen molar-refractivity contribution in [2.75, 3.05) is 0 Å². The second-order valence-electron chi connectivity index (χ2n) is 2.49. The van der Waals surface area contributed by atoms with Crippen LogP contribution in [0.25, 0.3) is 12.2 Å². The summed E-state index contributed by atoms with van der Waals surface area (Å²) in [5, 5.41) is 6.06. The molecule has 3 nitrogen and oxygen atoms in total. The smallest absolute Gasteiger partial charge is 0.183 e. The van der Waals surface area contributed by atoms with Crippen LogP contribution in [0.3, 0.4) is 0 Å². The van der Waals surface area contributed by atoms with Gasteiger partial charge in [0, 0.05) is 0 Å². The summed E-state index contributed by atoms with van der Waals surface area (Å²) >= 11 is 0. The zero-order valence-corrected chi connectivity index (χ0v) is 8.03. The molecule has 1 aromatic carbocycles. The van der Waals surface area contributed by atoms with E-state index >= 15 is 0 Å². The van der Waals surface area contributed by atoms with E-state index in [1.165, 1.54) is 0 Å². The quantitative estimate of drug-likeness (QED) is 0.490. The molecule has 0 amide bonds. The highest BCUT2D eigenvalue weighted by molar-refractivity contribution is 5.71. The molecule has 0 aliphatic rings. The molecular weight excluding hydrogens is 174 g/mol. The molecular formula is C11H15N3. The van der Waals surface area contributed by atoms with Crippen molar-refractivity contribution in [3.8, 4) is 0 Å². The van der Waals surface area contributed by atoms with Crippen molar-refractivity contribution < 1.29 is 0 Å². The summed E-state index contributed by atoms with van der Waals surface area (Å²) in [6.07, 6.45) is 3.66. The Bertz CT molecular complexity index is 298. The molecule has 0 unspecified atom stereocenters. The average Bonchev–Trinajstić information content (AvgIpc) is 2.17. The summed E-state index contributed by atoms with van der Waals surface area (Å²) in [7, 11) is 0. The molecule has 5 N–H and O–H groups in total. The Morgan fingerprint density at radius 1 is 1.07 bits per heavy atom. The van der Waals surface area contributed by atoms with Crippen LogP contribution < -0.4 is 11.5 Å². The maximum atomic E-state index is 6.06. The molecule has 0 saturated carbocycles. The number of hydrogen-bond donors (Lipinski definition) is 3. The molecule has 0 aromatic heterocycles. The first-order valence-corrected chi connectivity index (χ1v) is 4.05. The first-order valence-electron chi connectivity index (χ1n) is 4.05. The van der Waals surface area contributed by atoms with Gasteiger partial charge in [-0.15, -0.1) is 0 Å². The van der Waals surface area contributed by atoms with Crippen molar-refractivity contribution in [3.63, 3.8) is 0 Å². The highest BCUT2D eigenvalue weighted by Gasteiger charge is 1.89. The topological polar surface area (TPSA) is 75.9 Å². The van der Waals surface area contributed by atoms with Crippen LogP contribution in [0.5, 0.6) is 0 Å². The molecule has 0 atom stereocenters. The molecule has 74 valence electrons. The molecule has 1 aromatic rings. The third-order valence-corrected chi connectivity index (χ3v) is 1.44. The lowest BCUT2D eigenvalue weighted by atomic mass is 10.1. The van der Waals surface area contributed by atoms with Gasteiger partial charge in [0.25, 0.3) is 0 Å². The second-order valence-corrected chi connectivity index (χ2v) is 2.49. The molecule has 0 heterocycles. The summed E-state index contributed by atoms with van der Waals surface area (Å²) < 4.78 is 0. The van der Waals surface area contributed by atoms with Crippen LogP contribution in [0.1, 0.15) is 11.1 Å². The zero-order valence-electron chi connectivity index (χ0n) is 8.03. The number of nitrogens with one attached hydrogen (secondary N) is 1. The van der Waals surface area contributed by atoms with Gasteiger partial charge in [0.2, 0.25) is 0 Å². The summed E-state index contributed by atoms with van der Waals surface area (Å²) in [4.78, 5) is 0. The van der Waals surface area contributed by atoms with Gasteiger partial charge in [-0.05, 0) is 11.1 Å².